The van der Waals surface area contributed by atoms with Crippen molar-refractivity contribution in [3.63, 3.8) is 0 Å². The first kappa shape index (κ1) is 14.0. The summed E-state index contributed by atoms with van der Waals surface area (Å²) in [5.74, 6) is 1.95. The van der Waals surface area contributed by atoms with Crippen LogP contribution < -0.4 is 0 Å². The first-order valence-electron chi connectivity index (χ1n) is 5.59. The van der Waals surface area contributed by atoms with Crippen LogP contribution in [0.4, 0.5) is 4.79 Å². The third kappa shape index (κ3) is 4.31. The Labute approximate surface area is 120 Å². The van der Waals surface area contributed by atoms with E-state index >= 15 is 0 Å². The van der Waals surface area contributed by atoms with E-state index in [0.717, 1.165) is 41.2 Å². The molecule has 2 rings (SSSR count). The van der Waals surface area contributed by atoms with Crippen molar-refractivity contribution in [2.45, 2.75) is 5.25 Å². The van der Waals surface area contributed by atoms with Crippen LogP contribution in [0.1, 0.15) is 0 Å². The van der Waals surface area contributed by atoms with Gasteiger partial charge in [0, 0.05) is 42.9 Å². The molecule has 7 heteroatoms. The second-order valence-electron chi connectivity index (χ2n) is 4.17. The van der Waals surface area contributed by atoms with E-state index in [9.17, 15) is 4.79 Å². The lowest BCUT2D eigenvalue weighted by Crippen LogP contribution is -2.46. The Balaban J connectivity index is 1.68. The van der Waals surface area contributed by atoms with Crippen LogP contribution in [0.15, 0.2) is 0 Å². The molecule has 1 unspecified atom stereocenters. The second kappa shape index (κ2) is 6.65. The predicted octanol–water partition coefficient (Wildman–Crippen LogP) is 2.22. The zero-order valence-corrected chi connectivity index (χ0v) is 13.0. The molecule has 0 aromatic heterocycles. The number of nitrogens with zero attached hydrogens (tertiary/aromatic N) is 2. The standard InChI is InChI=1S/C10H16N2OS4/c1-11-2-4-12(5-3-11)9(13)15-6-8-7-16-10(14)17-8/h8H,2-7H2,1H3. The topological polar surface area (TPSA) is 23.6 Å². The molecule has 0 radical (unpaired) electrons. The van der Waals surface area contributed by atoms with Gasteiger partial charge in [-0.05, 0) is 7.05 Å². The van der Waals surface area contributed by atoms with Crippen molar-refractivity contribution in [2.75, 3.05) is 44.7 Å². The van der Waals surface area contributed by atoms with Gasteiger partial charge in [0.2, 0.25) is 0 Å². The fraction of sp³-hybridized carbons (Fsp3) is 0.800. The first-order chi connectivity index (χ1) is 8.15. The molecule has 1 atom stereocenters. The summed E-state index contributed by atoms with van der Waals surface area (Å²) in [6, 6.07) is 0. The number of amides is 1. The Morgan fingerprint density at radius 1 is 1.47 bits per heavy atom. The van der Waals surface area contributed by atoms with E-state index in [1.165, 1.54) is 11.8 Å². The van der Waals surface area contributed by atoms with Crippen molar-refractivity contribution in [1.82, 2.24) is 9.80 Å². The van der Waals surface area contributed by atoms with Gasteiger partial charge in [-0.1, -0.05) is 24.0 Å². The highest BCUT2D eigenvalue weighted by molar-refractivity contribution is 8.49. The van der Waals surface area contributed by atoms with Gasteiger partial charge in [-0.3, -0.25) is 4.79 Å². The van der Waals surface area contributed by atoms with E-state index in [4.69, 9.17) is 12.2 Å². The summed E-state index contributed by atoms with van der Waals surface area (Å²) in [5, 5.41) is 0.760. The summed E-state index contributed by atoms with van der Waals surface area (Å²) < 4.78 is 1.03. The SMILES string of the molecule is CN1CCN(C(=O)SCC2CSC(=S)S2)CC1. The summed E-state index contributed by atoms with van der Waals surface area (Å²) in [4.78, 5) is 16.2. The quantitative estimate of drug-likeness (QED) is 0.725. The molecule has 2 aliphatic heterocycles. The average molecular weight is 309 g/mol. The van der Waals surface area contributed by atoms with Crippen molar-refractivity contribution in [1.29, 1.82) is 0 Å². The molecule has 0 spiro atoms. The highest BCUT2D eigenvalue weighted by Crippen LogP contribution is 2.35. The molecule has 0 aromatic rings. The maximum absolute atomic E-state index is 12.0. The van der Waals surface area contributed by atoms with Crippen LogP contribution in [-0.4, -0.2) is 68.6 Å². The molecule has 0 bridgehead atoms. The molecule has 2 fully saturated rings. The summed E-state index contributed by atoms with van der Waals surface area (Å²) in [5.41, 5.74) is 0. The lowest BCUT2D eigenvalue weighted by Gasteiger charge is -2.32. The zero-order valence-electron chi connectivity index (χ0n) is 9.76. The van der Waals surface area contributed by atoms with E-state index in [1.807, 2.05) is 4.90 Å². The summed E-state index contributed by atoms with van der Waals surface area (Å²) >= 11 is 10.1. The smallest absolute Gasteiger partial charge is 0.281 e. The van der Waals surface area contributed by atoms with Gasteiger partial charge >= 0.3 is 0 Å². The Bertz CT molecular complexity index is 305. The van der Waals surface area contributed by atoms with Gasteiger partial charge in [0.25, 0.3) is 5.24 Å². The Morgan fingerprint density at radius 3 is 2.76 bits per heavy atom. The molecule has 17 heavy (non-hydrogen) atoms. The van der Waals surface area contributed by atoms with Crippen LogP contribution in [0.25, 0.3) is 0 Å². The van der Waals surface area contributed by atoms with Gasteiger partial charge < -0.3 is 9.80 Å². The molecule has 0 aliphatic carbocycles. The predicted molar refractivity (Wildman–Crippen MR) is 83.4 cm³/mol. The van der Waals surface area contributed by atoms with Crippen LogP contribution in [0.3, 0.4) is 0 Å². The van der Waals surface area contributed by atoms with Crippen LogP contribution in [0.5, 0.6) is 0 Å². The van der Waals surface area contributed by atoms with Crippen LogP contribution in [-0.2, 0) is 0 Å². The van der Waals surface area contributed by atoms with E-state index in [1.54, 1.807) is 23.5 Å². The van der Waals surface area contributed by atoms with Crippen molar-refractivity contribution in [2.24, 2.45) is 0 Å². The van der Waals surface area contributed by atoms with Crippen molar-refractivity contribution < 1.29 is 4.79 Å². The van der Waals surface area contributed by atoms with Gasteiger partial charge in [0.15, 0.2) is 0 Å². The van der Waals surface area contributed by atoms with Gasteiger partial charge in [-0.15, -0.1) is 23.5 Å². The fourth-order valence-electron chi connectivity index (χ4n) is 1.69. The number of carbonyl (C=O) groups excluding carboxylic acids is 1. The van der Waals surface area contributed by atoms with Crippen LogP contribution in [0.2, 0.25) is 0 Å². The van der Waals surface area contributed by atoms with Crippen LogP contribution in [0, 0.1) is 0 Å². The molecule has 3 nitrogen and oxygen atoms in total. The van der Waals surface area contributed by atoms with Gasteiger partial charge in [-0.25, -0.2) is 0 Å². The maximum atomic E-state index is 12.0. The molecule has 1 amide bonds. The summed E-state index contributed by atoms with van der Waals surface area (Å²) in [7, 11) is 2.10. The highest BCUT2D eigenvalue weighted by Gasteiger charge is 2.24. The molecule has 0 aromatic carbocycles. The van der Waals surface area contributed by atoms with Gasteiger partial charge in [0.05, 0.1) is 0 Å². The Hall–Kier alpha value is 0.570. The van der Waals surface area contributed by atoms with E-state index < -0.39 is 0 Å². The third-order valence-corrected chi connectivity index (χ3v) is 7.25. The minimum absolute atomic E-state index is 0.238. The average Bonchev–Trinajstić information content (AvgIpc) is 2.73. The number of likely N-dealkylation sites (N-methyl/N-ethyl adjacent to an activating group) is 1. The number of piperazine rings is 1. The Morgan fingerprint density at radius 2 is 2.18 bits per heavy atom. The minimum Gasteiger partial charge on any atom is -0.331 e. The Kier molecular flexibility index (Phi) is 5.48. The first-order valence-corrected chi connectivity index (χ1v) is 8.84. The molecular formula is C10H16N2OS4. The van der Waals surface area contributed by atoms with Crippen molar-refractivity contribution >= 4 is 56.3 Å². The molecular weight excluding hydrogens is 292 g/mol. The van der Waals surface area contributed by atoms with E-state index in [2.05, 4.69) is 11.9 Å². The maximum Gasteiger partial charge on any atom is 0.281 e. The molecule has 2 heterocycles. The summed E-state index contributed by atoms with van der Waals surface area (Å²) in [6.45, 7) is 3.72. The lowest BCUT2D eigenvalue weighted by molar-refractivity contribution is 0.172. The van der Waals surface area contributed by atoms with Crippen molar-refractivity contribution in [3.05, 3.63) is 0 Å². The second-order valence-corrected chi connectivity index (χ2v) is 8.66. The number of hydrogen-bond acceptors (Lipinski definition) is 6. The number of hydrogen-bond donors (Lipinski definition) is 0. The third-order valence-electron chi connectivity index (χ3n) is 2.80. The largest absolute Gasteiger partial charge is 0.331 e. The number of rotatable bonds is 2. The highest BCUT2D eigenvalue weighted by atomic mass is 32.2. The molecule has 0 saturated carbocycles. The molecule has 0 N–H and O–H groups in total. The molecule has 2 aliphatic rings. The van der Waals surface area contributed by atoms with E-state index in [0.29, 0.717) is 5.25 Å². The number of carbonyl (C=O) groups is 1. The fourth-order valence-corrected chi connectivity index (χ4v) is 5.81. The van der Waals surface area contributed by atoms with Crippen molar-refractivity contribution in [3.8, 4) is 0 Å². The molecule has 2 saturated heterocycles. The monoisotopic (exact) mass is 308 g/mol. The number of thioether (sulfide) groups is 3. The van der Waals surface area contributed by atoms with Crippen LogP contribution >= 0.6 is 47.5 Å². The lowest BCUT2D eigenvalue weighted by atomic mass is 10.4. The van der Waals surface area contributed by atoms with E-state index in [-0.39, 0.29) is 5.24 Å². The van der Waals surface area contributed by atoms with Gasteiger partial charge in [0.1, 0.15) is 3.53 Å². The number of thiocarbonyl (C=S) groups is 1. The molecule has 96 valence electrons. The van der Waals surface area contributed by atoms with Gasteiger partial charge in [-0.2, -0.15) is 0 Å². The zero-order chi connectivity index (χ0) is 12.3. The minimum atomic E-state index is 0.238. The summed E-state index contributed by atoms with van der Waals surface area (Å²) in [6.07, 6.45) is 0. The normalized spacial score (nSPS) is 26.5.